The van der Waals surface area contributed by atoms with Gasteiger partial charge in [0.25, 0.3) is 0 Å². The van der Waals surface area contributed by atoms with E-state index in [1.807, 2.05) is 41.3 Å². The third-order valence-corrected chi connectivity index (χ3v) is 6.28. The van der Waals surface area contributed by atoms with Crippen molar-refractivity contribution in [3.05, 3.63) is 48.5 Å². The molecule has 1 aliphatic rings. The minimum atomic E-state index is -0.0795. The third-order valence-electron chi connectivity index (χ3n) is 5.15. The maximum atomic E-state index is 13.5. The molecule has 4 heteroatoms. The lowest BCUT2D eigenvalue weighted by Crippen LogP contribution is -2.45. The van der Waals surface area contributed by atoms with Gasteiger partial charge < -0.3 is 4.90 Å². The number of amides is 1. The fourth-order valence-electron chi connectivity index (χ4n) is 3.47. The summed E-state index contributed by atoms with van der Waals surface area (Å²) in [5.41, 5.74) is 1.99. The summed E-state index contributed by atoms with van der Waals surface area (Å²) in [6.07, 6.45) is 0. The Morgan fingerprint density at radius 2 is 1.44 bits per heavy atom. The van der Waals surface area contributed by atoms with E-state index in [0.717, 1.165) is 34.3 Å². The predicted molar refractivity (Wildman–Crippen MR) is 106 cm³/mol. The standard InChI is InChI=1S/C21H26N2OS/c1-5-22(6-2)16(4)15(3)21(24)23-17-11-7-9-13-19(17)25-20-14-10-8-12-18(20)23/h7-16H,5-6H2,1-4H3. The first-order valence-corrected chi connectivity index (χ1v) is 9.84. The van der Waals surface area contributed by atoms with Gasteiger partial charge in [0, 0.05) is 15.8 Å². The maximum Gasteiger partial charge on any atom is 0.236 e. The van der Waals surface area contributed by atoms with Crippen LogP contribution in [-0.2, 0) is 4.79 Å². The van der Waals surface area contributed by atoms with Gasteiger partial charge >= 0.3 is 0 Å². The molecular formula is C21H26N2OS. The smallest absolute Gasteiger partial charge is 0.236 e. The highest BCUT2D eigenvalue weighted by Crippen LogP contribution is 2.48. The van der Waals surface area contributed by atoms with Crippen molar-refractivity contribution in [3.63, 3.8) is 0 Å². The Kier molecular flexibility index (Phi) is 5.50. The fourth-order valence-corrected chi connectivity index (χ4v) is 4.53. The molecule has 0 fully saturated rings. The van der Waals surface area contributed by atoms with Crippen LogP contribution in [0.5, 0.6) is 0 Å². The van der Waals surface area contributed by atoms with Crippen LogP contribution in [0.4, 0.5) is 11.4 Å². The Balaban J connectivity index is 2.00. The second kappa shape index (κ2) is 7.63. The quantitative estimate of drug-likeness (QED) is 0.739. The number of carbonyl (C=O) groups excluding carboxylic acids is 1. The van der Waals surface area contributed by atoms with E-state index in [4.69, 9.17) is 0 Å². The zero-order valence-corrected chi connectivity index (χ0v) is 16.2. The zero-order chi connectivity index (χ0) is 18.0. The van der Waals surface area contributed by atoms with Crippen molar-refractivity contribution in [3.8, 4) is 0 Å². The molecule has 2 aromatic rings. The van der Waals surface area contributed by atoms with Crippen LogP contribution in [0.25, 0.3) is 0 Å². The number of anilines is 2. The average molecular weight is 355 g/mol. The molecule has 0 saturated carbocycles. The van der Waals surface area contributed by atoms with Crippen molar-refractivity contribution in [2.75, 3.05) is 18.0 Å². The zero-order valence-electron chi connectivity index (χ0n) is 15.4. The first-order valence-electron chi connectivity index (χ1n) is 9.02. The molecule has 3 nitrogen and oxygen atoms in total. The van der Waals surface area contributed by atoms with E-state index in [-0.39, 0.29) is 17.9 Å². The van der Waals surface area contributed by atoms with Crippen LogP contribution in [0.3, 0.4) is 0 Å². The molecule has 2 unspecified atom stereocenters. The number of para-hydroxylation sites is 2. The number of rotatable bonds is 5. The van der Waals surface area contributed by atoms with Crippen molar-refractivity contribution in [2.45, 2.75) is 43.5 Å². The van der Waals surface area contributed by atoms with E-state index in [9.17, 15) is 4.79 Å². The maximum absolute atomic E-state index is 13.5. The third kappa shape index (κ3) is 3.33. The molecule has 1 aliphatic heterocycles. The highest BCUT2D eigenvalue weighted by Gasteiger charge is 2.33. The Morgan fingerprint density at radius 3 is 1.92 bits per heavy atom. The summed E-state index contributed by atoms with van der Waals surface area (Å²) in [4.78, 5) is 20.0. The fraction of sp³-hybridized carbons (Fsp3) is 0.381. The molecule has 3 rings (SSSR count). The van der Waals surface area contributed by atoms with E-state index in [1.54, 1.807) is 11.8 Å². The summed E-state index contributed by atoms with van der Waals surface area (Å²) in [6.45, 7) is 10.4. The van der Waals surface area contributed by atoms with Gasteiger partial charge in [-0.1, -0.05) is 56.8 Å². The average Bonchev–Trinajstić information content (AvgIpc) is 2.65. The molecule has 0 radical (unpaired) electrons. The summed E-state index contributed by atoms with van der Waals surface area (Å²) in [7, 11) is 0. The van der Waals surface area contributed by atoms with Crippen LogP contribution >= 0.6 is 11.8 Å². The molecule has 2 aromatic carbocycles. The lowest BCUT2D eigenvalue weighted by molar-refractivity contribution is -0.123. The molecule has 0 bridgehead atoms. The first kappa shape index (κ1) is 18.0. The molecule has 0 spiro atoms. The molecule has 2 atom stereocenters. The van der Waals surface area contributed by atoms with Crippen LogP contribution in [0.2, 0.25) is 0 Å². The summed E-state index contributed by atoms with van der Waals surface area (Å²) < 4.78 is 0. The van der Waals surface area contributed by atoms with Crippen molar-refractivity contribution in [1.29, 1.82) is 0 Å². The Hall–Kier alpha value is -1.78. The van der Waals surface area contributed by atoms with Gasteiger partial charge in [-0.15, -0.1) is 0 Å². The molecule has 25 heavy (non-hydrogen) atoms. The largest absolute Gasteiger partial charge is 0.300 e. The second-order valence-corrected chi connectivity index (χ2v) is 7.55. The molecule has 1 heterocycles. The monoisotopic (exact) mass is 354 g/mol. The van der Waals surface area contributed by atoms with Gasteiger partial charge in [0.05, 0.1) is 17.3 Å². The minimum Gasteiger partial charge on any atom is -0.300 e. The SMILES string of the molecule is CCN(CC)C(C)C(C)C(=O)N1c2ccccc2Sc2ccccc21. The number of hydrogen-bond donors (Lipinski definition) is 0. The van der Waals surface area contributed by atoms with Crippen LogP contribution in [0.1, 0.15) is 27.7 Å². The molecule has 0 N–H and O–H groups in total. The highest BCUT2D eigenvalue weighted by molar-refractivity contribution is 7.99. The van der Waals surface area contributed by atoms with E-state index >= 15 is 0 Å². The van der Waals surface area contributed by atoms with Crippen LogP contribution in [0.15, 0.2) is 58.3 Å². The van der Waals surface area contributed by atoms with Crippen molar-refractivity contribution < 1.29 is 4.79 Å². The van der Waals surface area contributed by atoms with Gasteiger partial charge in [-0.3, -0.25) is 9.69 Å². The van der Waals surface area contributed by atoms with Gasteiger partial charge in [-0.25, -0.2) is 0 Å². The topological polar surface area (TPSA) is 23.6 Å². The van der Waals surface area contributed by atoms with Crippen LogP contribution < -0.4 is 4.90 Å². The molecule has 132 valence electrons. The van der Waals surface area contributed by atoms with Gasteiger partial charge in [0.2, 0.25) is 5.91 Å². The number of fused-ring (bicyclic) bond motifs is 2. The number of carbonyl (C=O) groups is 1. The number of benzene rings is 2. The highest BCUT2D eigenvalue weighted by atomic mass is 32.2. The van der Waals surface area contributed by atoms with E-state index in [0.29, 0.717) is 0 Å². The number of nitrogens with zero attached hydrogens (tertiary/aromatic N) is 2. The van der Waals surface area contributed by atoms with Crippen molar-refractivity contribution in [1.82, 2.24) is 4.90 Å². The molecule has 0 saturated heterocycles. The van der Waals surface area contributed by atoms with Crippen molar-refractivity contribution >= 4 is 29.0 Å². The molecule has 1 amide bonds. The Labute approximate surface area is 155 Å². The Morgan fingerprint density at radius 1 is 0.960 bits per heavy atom. The van der Waals surface area contributed by atoms with Crippen LogP contribution in [0, 0.1) is 5.92 Å². The van der Waals surface area contributed by atoms with Gasteiger partial charge in [0.1, 0.15) is 0 Å². The summed E-state index contributed by atoms with van der Waals surface area (Å²) in [5.74, 6) is 0.0868. The normalized spacial score (nSPS) is 15.5. The minimum absolute atomic E-state index is 0.0795. The molecular weight excluding hydrogens is 328 g/mol. The second-order valence-electron chi connectivity index (χ2n) is 6.46. The van der Waals surface area contributed by atoms with Gasteiger partial charge in [-0.05, 0) is 44.3 Å². The van der Waals surface area contributed by atoms with Crippen molar-refractivity contribution in [2.24, 2.45) is 5.92 Å². The van der Waals surface area contributed by atoms with E-state index < -0.39 is 0 Å². The lowest BCUT2D eigenvalue weighted by Gasteiger charge is -2.36. The van der Waals surface area contributed by atoms with Crippen LogP contribution in [-0.4, -0.2) is 29.9 Å². The predicted octanol–water partition coefficient (Wildman–Crippen LogP) is 5.18. The lowest BCUT2D eigenvalue weighted by atomic mass is 9.99. The summed E-state index contributed by atoms with van der Waals surface area (Å²) in [6, 6.07) is 16.6. The summed E-state index contributed by atoms with van der Waals surface area (Å²) >= 11 is 1.73. The van der Waals surface area contributed by atoms with E-state index in [2.05, 4.69) is 44.7 Å². The summed E-state index contributed by atoms with van der Waals surface area (Å²) in [5, 5.41) is 0. The Bertz CT molecular complexity index is 712. The van der Waals surface area contributed by atoms with Gasteiger partial charge in [0.15, 0.2) is 0 Å². The van der Waals surface area contributed by atoms with Gasteiger partial charge in [-0.2, -0.15) is 0 Å². The molecule has 0 aromatic heterocycles. The van der Waals surface area contributed by atoms with E-state index in [1.165, 1.54) is 0 Å². The first-order chi connectivity index (χ1) is 12.1. The molecule has 0 aliphatic carbocycles. The number of hydrogen-bond acceptors (Lipinski definition) is 3.